The van der Waals surface area contributed by atoms with Crippen LogP contribution in [0, 0.1) is 5.41 Å². The monoisotopic (exact) mass is 488 g/mol. The Morgan fingerprint density at radius 1 is 0.647 bits per heavy atom. The number of amides is 1. The Balaban J connectivity index is 3.39. The van der Waals surface area contributed by atoms with Crippen molar-refractivity contribution in [1.82, 2.24) is 10.6 Å². The fourth-order valence-electron chi connectivity index (χ4n) is 2.55. The largest absolute Gasteiger partial charge is 0.379 e. The Hall–Kier alpha value is -1.39. The van der Waals surface area contributed by atoms with Gasteiger partial charge in [0.2, 0.25) is 5.91 Å². The zero-order valence-electron chi connectivity index (χ0n) is 22.3. The summed E-state index contributed by atoms with van der Waals surface area (Å²) in [5.41, 5.74) is -0.316. The molecule has 0 spiro atoms. The van der Waals surface area contributed by atoms with Crippen LogP contribution in [0.1, 0.15) is 67.2 Å². The SMILES string of the molecule is CC(C)(C)NCCCC(=O)CCCOCCOCC(=O)NCCOCCOCC(=O)C(C)(C)C. The summed E-state index contributed by atoms with van der Waals surface area (Å²) in [6, 6.07) is 0. The third-order valence-electron chi connectivity index (χ3n) is 4.65. The van der Waals surface area contributed by atoms with Gasteiger partial charge in [0.15, 0.2) is 5.78 Å². The summed E-state index contributed by atoms with van der Waals surface area (Å²) < 4.78 is 21.3. The van der Waals surface area contributed by atoms with Gasteiger partial charge in [-0.3, -0.25) is 14.4 Å². The van der Waals surface area contributed by atoms with Gasteiger partial charge < -0.3 is 29.6 Å². The van der Waals surface area contributed by atoms with Crippen molar-refractivity contribution in [3.8, 4) is 0 Å². The molecule has 0 bridgehead atoms. The highest BCUT2D eigenvalue weighted by Crippen LogP contribution is 2.14. The summed E-state index contributed by atoms with van der Waals surface area (Å²) >= 11 is 0. The van der Waals surface area contributed by atoms with Crippen molar-refractivity contribution in [2.75, 3.05) is 65.9 Å². The van der Waals surface area contributed by atoms with E-state index in [4.69, 9.17) is 18.9 Å². The molecule has 0 saturated heterocycles. The van der Waals surface area contributed by atoms with Gasteiger partial charge in [-0.05, 0) is 40.2 Å². The Kier molecular flexibility index (Phi) is 18.1. The molecule has 2 N–H and O–H groups in total. The molecule has 200 valence electrons. The maximum Gasteiger partial charge on any atom is 0.246 e. The first-order valence-electron chi connectivity index (χ1n) is 12.3. The highest BCUT2D eigenvalue weighted by Gasteiger charge is 2.20. The molecule has 0 aromatic rings. The van der Waals surface area contributed by atoms with Crippen LogP contribution >= 0.6 is 0 Å². The molecule has 0 aliphatic rings. The highest BCUT2D eigenvalue weighted by molar-refractivity contribution is 5.84. The number of nitrogens with one attached hydrogen (secondary N) is 2. The van der Waals surface area contributed by atoms with E-state index in [1.807, 2.05) is 20.8 Å². The van der Waals surface area contributed by atoms with E-state index >= 15 is 0 Å². The summed E-state index contributed by atoms with van der Waals surface area (Å²) in [4.78, 5) is 35.2. The minimum absolute atomic E-state index is 0.0392. The smallest absolute Gasteiger partial charge is 0.246 e. The van der Waals surface area contributed by atoms with Crippen molar-refractivity contribution in [2.24, 2.45) is 5.41 Å². The van der Waals surface area contributed by atoms with Gasteiger partial charge in [0.1, 0.15) is 19.0 Å². The standard InChI is InChI=1S/C25H48N2O7/c1-24(2,3)22(29)19-33-17-16-32-14-12-26-23(30)20-34-18-15-31-13-8-10-21(28)9-7-11-27-25(4,5)6/h27H,7-20H2,1-6H3,(H,26,30). The van der Waals surface area contributed by atoms with Crippen LogP contribution in [0.25, 0.3) is 0 Å². The lowest BCUT2D eigenvalue weighted by molar-refractivity contribution is -0.131. The lowest BCUT2D eigenvalue weighted by Gasteiger charge is -2.20. The van der Waals surface area contributed by atoms with Crippen molar-refractivity contribution in [2.45, 2.75) is 72.8 Å². The molecule has 0 heterocycles. The molecule has 34 heavy (non-hydrogen) atoms. The van der Waals surface area contributed by atoms with E-state index in [2.05, 4.69) is 31.4 Å². The molecule has 1 amide bonds. The molecule has 0 aromatic heterocycles. The molecule has 0 fully saturated rings. The predicted octanol–water partition coefficient (Wildman–Crippen LogP) is 2.30. The minimum Gasteiger partial charge on any atom is -0.379 e. The van der Waals surface area contributed by atoms with Crippen molar-refractivity contribution >= 4 is 17.5 Å². The summed E-state index contributed by atoms with van der Waals surface area (Å²) in [7, 11) is 0. The zero-order valence-corrected chi connectivity index (χ0v) is 22.3. The zero-order chi connectivity index (χ0) is 25.9. The fourth-order valence-corrected chi connectivity index (χ4v) is 2.55. The molecule has 0 aliphatic carbocycles. The number of ether oxygens (including phenoxy) is 4. The molecule has 0 aromatic carbocycles. The van der Waals surface area contributed by atoms with E-state index in [9.17, 15) is 14.4 Å². The summed E-state index contributed by atoms with van der Waals surface area (Å²) in [6.45, 7) is 15.4. The first-order chi connectivity index (χ1) is 15.9. The van der Waals surface area contributed by atoms with E-state index in [1.54, 1.807) is 0 Å². The normalized spacial score (nSPS) is 12.1. The average Bonchev–Trinajstić information content (AvgIpc) is 2.73. The molecule has 0 unspecified atom stereocenters. The number of ketones is 2. The van der Waals surface area contributed by atoms with Gasteiger partial charge in [0.05, 0.1) is 33.0 Å². The van der Waals surface area contributed by atoms with Crippen LogP contribution in [0.15, 0.2) is 0 Å². The third-order valence-corrected chi connectivity index (χ3v) is 4.65. The number of carbonyl (C=O) groups excluding carboxylic acids is 3. The molecule has 9 nitrogen and oxygen atoms in total. The van der Waals surface area contributed by atoms with Gasteiger partial charge in [-0.15, -0.1) is 0 Å². The lowest BCUT2D eigenvalue weighted by atomic mass is 9.91. The van der Waals surface area contributed by atoms with E-state index in [1.165, 1.54) is 0 Å². The Labute approximate surface area is 206 Å². The van der Waals surface area contributed by atoms with E-state index in [0.29, 0.717) is 65.4 Å². The van der Waals surface area contributed by atoms with E-state index < -0.39 is 5.41 Å². The van der Waals surface area contributed by atoms with Crippen molar-refractivity contribution in [1.29, 1.82) is 0 Å². The van der Waals surface area contributed by atoms with Gasteiger partial charge in [0, 0.05) is 36.9 Å². The average molecular weight is 489 g/mol. The number of carbonyl (C=O) groups is 3. The Morgan fingerprint density at radius 2 is 1.21 bits per heavy atom. The predicted molar refractivity (Wildman–Crippen MR) is 132 cm³/mol. The number of rotatable bonds is 21. The topological polar surface area (TPSA) is 112 Å². The van der Waals surface area contributed by atoms with Crippen molar-refractivity contribution in [3.63, 3.8) is 0 Å². The maximum absolute atomic E-state index is 11.8. The Morgan fingerprint density at radius 3 is 1.82 bits per heavy atom. The Bertz CT molecular complexity index is 569. The second-order valence-electron chi connectivity index (χ2n) is 10.3. The summed E-state index contributed by atoms with van der Waals surface area (Å²) in [6.07, 6.45) is 2.68. The molecular formula is C25H48N2O7. The van der Waals surface area contributed by atoms with Crippen LogP contribution in [0.2, 0.25) is 0 Å². The summed E-state index contributed by atoms with van der Waals surface area (Å²) in [5, 5.41) is 6.07. The molecule has 9 heteroatoms. The second-order valence-corrected chi connectivity index (χ2v) is 10.3. The van der Waals surface area contributed by atoms with Crippen LogP contribution in [0.3, 0.4) is 0 Å². The van der Waals surface area contributed by atoms with Gasteiger partial charge in [-0.2, -0.15) is 0 Å². The van der Waals surface area contributed by atoms with Crippen LogP contribution in [0.4, 0.5) is 0 Å². The fraction of sp³-hybridized carbons (Fsp3) is 0.880. The number of hydrogen-bond acceptors (Lipinski definition) is 8. The van der Waals surface area contributed by atoms with Gasteiger partial charge in [-0.1, -0.05) is 20.8 Å². The van der Waals surface area contributed by atoms with Gasteiger partial charge >= 0.3 is 0 Å². The van der Waals surface area contributed by atoms with Crippen molar-refractivity contribution in [3.05, 3.63) is 0 Å². The van der Waals surface area contributed by atoms with Gasteiger partial charge in [0.25, 0.3) is 0 Å². The molecule has 0 saturated carbocycles. The second kappa shape index (κ2) is 18.9. The minimum atomic E-state index is -0.399. The first kappa shape index (κ1) is 32.6. The van der Waals surface area contributed by atoms with Crippen LogP contribution in [-0.2, 0) is 33.3 Å². The summed E-state index contributed by atoms with van der Waals surface area (Å²) in [5.74, 6) is 0.0947. The molecule has 0 radical (unpaired) electrons. The quantitative estimate of drug-likeness (QED) is 0.237. The number of hydrogen-bond donors (Lipinski definition) is 2. The molecule has 0 aliphatic heterocycles. The van der Waals surface area contributed by atoms with E-state index in [0.717, 1.165) is 13.0 Å². The van der Waals surface area contributed by atoms with Crippen molar-refractivity contribution < 1.29 is 33.3 Å². The van der Waals surface area contributed by atoms with Crippen LogP contribution in [-0.4, -0.2) is 89.0 Å². The number of Topliss-reactive ketones (excluding diaryl/α,β-unsaturated/α-hetero) is 2. The molecular weight excluding hydrogens is 440 g/mol. The van der Waals surface area contributed by atoms with Crippen LogP contribution in [0.5, 0.6) is 0 Å². The maximum atomic E-state index is 11.8. The third kappa shape index (κ3) is 22.4. The molecule has 0 atom stereocenters. The first-order valence-corrected chi connectivity index (χ1v) is 12.3. The highest BCUT2D eigenvalue weighted by atomic mass is 16.5. The molecule has 0 rings (SSSR count). The lowest BCUT2D eigenvalue weighted by Crippen LogP contribution is -2.36. The van der Waals surface area contributed by atoms with Crippen LogP contribution < -0.4 is 10.6 Å². The van der Waals surface area contributed by atoms with Gasteiger partial charge in [-0.25, -0.2) is 0 Å². The van der Waals surface area contributed by atoms with E-state index in [-0.39, 0.29) is 36.2 Å².